The Balaban J connectivity index is 1.83. The predicted octanol–water partition coefficient (Wildman–Crippen LogP) is 2.80. The summed E-state index contributed by atoms with van der Waals surface area (Å²) in [7, 11) is 0. The zero-order chi connectivity index (χ0) is 17.6. The van der Waals surface area contributed by atoms with Crippen LogP contribution in [0.2, 0.25) is 0 Å². The van der Waals surface area contributed by atoms with E-state index >= 15 is 0 Å². The number of hydrogen-bond acceptors (Lipinski definition) is 6. The van der Waals surface area contributed by atoms with Crippen LogP contribution in [0, 0.1) is 0 Å². The van der Waals surface area contributed by atoms with E-state index in [4.69, 9.17) is 9.47 Å². The van der Waals surface area contributed by atoms with Gasteiger partial charge in [-0.1, -0.05) is 0 Å². The molecule has 0 saturated heterocycles. The third kappa shape index (κ3) is 5.33. The number of nitrogens with one attached hydrogen (secondary N) is 1. The number of carbonyl (C=O) groups is 1. The molecule has 2 rings (SSSR count). The molecule has 1 N–H and O–H groups in total. The minimum absolute atomic E-state index is 0.0867. The number of halogens is 3. The van der Waals surface area contributed by atoms with E-state index in [1.807, 2.05) is 0 Å². The first kappa shape index (κ1) is 18.4. The molecule has 0 amide bonds. The molecule has 1 saturated carbocycles. The third-order valence-electron chi connectivity index (χ3n) is 3.72. The molecule has 9 heteroatoms. The number of alkyl halides is 3. The molecule has 6 nitrogen and oxygen atoms in total. The average Bonchev–Trinajstić information content (AvgIpc) is 2.54. The summed E-state index contributed by atoms with van der Waals surface area (Å²) < 4.78 is 48.9. The lowest BCUT2D eigenvalue weighted by Crippen LogP contribution is -2.32. The Morgan fingerprint density at radius 3 is 2.54 bits per heavy atom. The maximum Gasteiger partial charge on any atom is 0.437 e. The fourth-order valence-electron chi connectivity index (χ4n) is 2.61. The van der Waals surface area contributed by atoms with Crippen LogP contribution in [0.3, 0.4) is 0 Å². The molecule has 1 heterocycles. The van der Waals surface area contributed by atoms with Gasteiger partial charge in [-0.25, -0.2) is 14.8 Å². The lowest BCUT2D eigenvalue weighted by Gasteiger charge is -2.29. The van der Waals surface area contributed by atoms with Gasteiger partial charge in [0.15, 0.2) is 11.5 Å². The highest BCUT2D eigenvalue weighted by atomic mass is 19.4. The molecule has 0 radical (unpaired) electrons. The third-order valence-corrected chi connectivity index (χ3v) is 3.72. The van der Waals surface area contributed by atoms with Crippen molar-refractivity contribution in [1.82, 2.24) is 9.97 Å². The van der Waals surface area contributed by atoms with Gasteiger partial charge in [-0.05, 0) is 32.6 Å². The van der Waals surface area contributed by atoms with E-state index in [1.54, 1.807) is 6.92 Å². The summed E-state index contributed by atoms with van der Waals surface area (Å²) in [6, 6.07) is -0.134. The van der Waals surface area contributed by atoms with Crippen molar-refractivity contribution in [2.75, 3.05) is 18.5 Å². The monoisotopic (exact) mass is 347 g/mol. The first-order chi connectivity index (χ1) is 11.4. The van der Waals surface area contributed by atoms with Crippen LogP contribution in [0.25, 0.3) is 0 Å². The zero-order valence-corrected chi connectivity index (χ0v) is 13.3. The lowest BCUT2D eigenvalue weighted by atomic mass is 9.93. The highest BCUT2D eigenvalue weighted by Gasteiger charge is 2.37. The molecule has 1 aliphatic carbocycles. The standard InChI is InChI=1S/C15H20F3N3O3/c1-2-23-12(22)9-24-11-5-3-10(4-6-11)21-14-13(15(16,17)18)19-7-8-20-14/h7-8,10-11H,2-6,9H2,1H3,(H,20,21). The molecule has 0 aliphatic heterocycles. The van der Waals surface area contributed by atoms with Crippen LogP contribution in [0.4, 0.5) is 19.0 Å². The quantitative estimate of drug-likeness (QED) is 0.798. The van der Waals surface area contributed by atoms with Gasteiger partial charge in [-0.3, -0.25) is 0 Å². The normalized spacial score (nSPS) is 21.3. The minimum atomic E-state index is -4.55. The van der Waals surface area contributed by atoms with E-state index in [-0.39, 0.29) is 24.6 Å². The lowest BCUT2D eigenvalue weighted by molar-refractivity contribution is -0.151. The average molecular weight is 347 g/mol. The number of anilines is 1. The molecule has 1 fully saturated rings. The van der Waals surface area contributed by atoms with Gasteiger partial charge in [0.1, 0.15) is 6.61 Å². The molecule has 1 aliphatic rings. The number of rotatable bonds is 6. The van der Waals surface area contributed by atoms with Crippen LogP contribution >= 0.6 is 0 Å². The Kier molecular flexibility index (Phi) is 6.36. The second-order valence-electron chi connectivity index (χ2n) is 5.49. The Labute approximate surface area is 137 Å². The Morgan fingerprint density at radius 2 is 1.92 bits per heavy atom. The SMILES string of the molecule is CCOC(=O)COC1CCC(Nc2nccnc2C(F)(F)F)CC1. The van der Waals surface area contributed by atoms with E-state index in [0.717, 1.165) is 6.20 Å². The number of esters is 1. The highest BCUT2D eigenvalue weighted by molar-refractivity contribution is 5.70. The van der Waals surface area contributed by atoms with Crippen molar-refractivity contribution in [3.63, 3.8) is 0 Å². The van der Waals surface area contributed by atoms with Crippen LogP contribution in [0.5, 0.6) is 0 Å². The van der Waals surface area contributed by atoms with Gasteiger partial charge in [0.2, 0.25) is 0 Å². The number of aromatic nitrogens is 2. The second kappa shape index (κ2) is 8.27. The summed E-state index contributed by atoms with van der Waals surface area (Å²) in [4.78, 5) is 18.4. The number of ether oxygens (including phenoxy) is 2. The number of carbonyl (C=O) groups excluding carboxylic acids is 1. The second-order valence-corrected chi connectivity index (χ2v) is 5.49. The van der Waals surface area contributed by atoms with Crippen LogP contribution in [0.1, 0.15) is 38.3 Å². The van der Waals surface area contributed by atoms with Gasteiger partial charge in [0.05, 0.1) is 12.7 Å². The van der Waals surface area contributed by atoms with Crippen molar-refractivity contribution >= 4 is 11.8 Å². The van der Waals surface area contributed by atoms with E-state index in [9.17, 15) is 18.0 Å². The summed E-state index contributed by atoms with van der Waals surface area (Å²) in [5, 5.41) is 2.82. The van der Waals surface area contributed by atoms with Crippen molar-refractivity contribution in [3.8, 4) is 0 Å². The molecule has 0 aromatic carbocycles. The van der Waals surface area contributed by atoms with E-state index < -0.39 is 17.8 Å². The fourth-order valence-corrected chi connectivity index (χ4v) is 2.61. The molecular formula is C15H20F3N3O3. The highest BCUT2D eigenvalue weighted by Crippen LogP contribution is 2.33. The molecular weight excluding hydrogens is 327 g/mol. The molecule has 0 atom stereocenters. The van der Waals surface area contributed by atoms with Gasteiger partial charge < -0.3 is 14.8 Å². The van der Waals surface area contributed by atoms with Crippen molar-refractivity contribution in [3.05, 3.63) is 18.1 Å². The van der Waals surface area contributed by atoms with Crippen molar-refractivity contribution in [1.29, 1.82) is 0 Å². The molecule has 1 aromatic rings. The van der Waals surface area contributed by atoms with E-state index in [2.05, 4.69) is 15.3 Å². The van der Waals surface area contributed by atoms with Crippen molar-refractivity contribution < 1.29 is 27.4 Å². The summed E-state index contributed by atoms with van der Waals surface area (Å²) in [6.45, 7) is 1.92. The van der Waals surface area contributed by atoms with Gasteiger partial charge >= 0.3 is 12.1 Å². The smallest absolute Gasteiger partial charge is 0.437 e. The molecule has 24 heavy (non-hydrogen) atoms. The molecule has 0 unspecified atom stereocenters. The fraction of sp³-hybridized carbons (Fsp3) is 0.667. The van der Waals surface area contributed by atoms with Gasteiger partial charge in [-0.15, -0.1) is 0 Å². The molecule has 0 bridgehead atoms. The van der Waals surface area contributed by atoms with Gasteiger partial charge in [-0.2, -0.15) is 13.2 Å². The van der Waals surface area contributed by atoms with Gasteiger partial charge in [0, 0.05) is 18.4 Å². The zero-order valence-electron chi connectivity index (χ0n) is 13.3. The van der Waals surface area contributed by atoms with Crippen LogP contribution in [0.15, 0.2) is 12.4 Å². The van der Waals surface area contributed by atoms with Crippen LogP contribution < -0.4 is 5.32 Å². The van der Waals surface area contributed by atoms with Crippen molar-refractivity contribution in [2.45, 2.75) is 50.9 Å². The minimum Gasteiger partial charge on any atom is -0.464 e. The maximum atomic E-state index is 12.9. The number of nitrogens with zero attached hydrogens (tertiary/aromatic N) is 2. The predicted molar refractivity (Wildman–Crippen MR) is 79.3 cm³/mol. The summed E-state index contributed by atoms with van der Waals surface area (Å²) >= 11 is 0. The van der Waals surface area contributed by atoms with Crippen molar-refractivity contribution in [2.24, 2.45) is 0 Å². The summed E-state index contributed by atoms with van der Waals surface area (Å²) in [5.41, 5.74) is -1.01. The maximum absolute atomic E-state index is 12.9. The van der Waals surface area contributed by atoms with Crippen LogP contribution in [-0.2, 0) is 20.4 Å². The van der Waals surface area contributed by atoms with Crippen LogP contribution in [-0.4, -0.2) is 41.3 Å². The molecule has 1 aromatic heterocycles. The Morgan fingerprint density at radius 1 is 1.25 bits per heavy atom. The first-order valence-corrected chi connectivity index (χ1v) is 7.82. The largest absolute Gasteiger partial charge is 0.464 e. The Bertz CT molecular complexity index is 546. The first-order valence-electron chi connectivity index (χ1n) is 7.82. The van der Waals surface area contributed by atoms with E-state index in [1.165, 1.54) is 6.20 Å². The van der Waals surface area contributed by atoms with E-state index in [0.29, 0.717) is 32.3 Å². The molecule has 0 spiro atoms. The number of hydrogen-bond donors (Lipinski definition) is 1. The topological polar surface area (TPSA) is 73.3 Å². The summed E-state index contributed by atoms with van der Waals surface area (Å²) in [6.07, 6.45) is 0.174. The van der Waals surface area contributed by atoms with Gasteiger partial charge in [0.25, 0.3) is 0 Å². The molecule has 134 valence electrons. The summed E-state index contributed by atoms with van der Waals surface area (Å²) in [5.74, 6) is -0.659. The Hall–Kier alpha value is -1.90.